The van der Waals surface area contributed by atoms with Crippen LogP contribution >= 0.6 is 23.2 Å². The van der Waals surface area contributed by atoms with Gasteiger partial charge in [-0.2, -0.15) is 0 Å². The van der Waals surface area contributed by atoms with E-state index in [9.17, 15) is 4.79 Å². The van der Waals surface area contributed by atoms with Crippen molar-refractivity contribution >= 4 is 35.0 Å². The lowest BCUT2D eigenvalue weighted by molar-refractivity contribution is 0.146. The molecule has 0 atom stereocenters. The van der Waals surface area contributed by atoms with Gasteiger partial charge in [-0.3, -0.25) is 0 Å². The highest BCUT2D eigenvalue weighted by atomic mass is 35.5. The van der Waals surface area contributed by atoms with Gasteiger partial charge in [0.15, 0.2) is 0 Å². The quantitative estimate of drug-likeness (QED) is 0.267. The minimum atomic E-state index is -0.342. The average Bonchev–Trinajstić information content (AvgIpc) is 2.73. The molecule has 0 fully saturated rings. The number of rotatable bonds is 17. The Bertz CT molecular complexity index is 523. The van der Waals surface area contributed by atoms with Crippen LogP contribution in [0.15, 0.2) is 24.3 Å². The molecule has 166 valence electrons. The summed E-state index contributed by atoms with van der Waals surface area (Å²) in [7, 11) is 0. The Morgan fingerprint density at radius 3 is 2.34 bits per heavy atom. The van der Waals surface area contributed by atoms with Crippen LogP contribution < -0.4 is 15.5 Å². The van der Waals surface area contributed by atoms with Crippen molar-refractivity contribution in [2.75, 3.05) is 56.0 Å². The molecule has 0 unspecified atom stereocenters. The van der Waals surface area contributed by atoms with Gasteiger partial charge in [-0.05, 0) is 43.5 Å². The molecule has 0 saturated carbocycles. The van der Waals surface area contributed by atoms with Crippen molar-refractivity contribution in [3.8, 4) is 0 Å². The van der Waals surface area contributed by atoms with E-state index in [4.69, 9.17) is 27.9 Å². The van der Waals surface area contributed by atoms with Gasteiger partial charge in [-0.15, -0.1) is 23.2 Å². The highest BCUT2D eigenvalue weighted by Crippen LogP contribution is 2.16. The van der Waals surface area contributed by atoms with Crippen LogP contribution in [0, 0.1) is 0 Å². The zero-order valence-corrected chi connectivity index (χ0v) is 19.2. The van der Waals surface area contributed by atoms with E-state index in [1.54, 1.807) is 0 Å². The fourth-order valence-corrected chi connectivity index (χ4v) is 3.41. The summed E-state index contributed by atoms with van der Waals surface area (Å²) in [5, 5.41) is 6.10. The molecule has 0 radical (unpaired) electrons. The minimum absolute atomic E-state index is 0.342. The molecule has 1 rings (SSSR count). The van der Waals surface area contributed by atoms with Crippen LogP contribution in [0.1, 0.15) is 44.6 Å². The van der Waals surface area contributed by atoms with Crippen molar-refractivity contribution in [1.29, 1.82) is 0 Å². The lowest BCUT2D eigenvalue weighted by Crippen LogP contribution is -2.29. The number of nitrogens with one attached hydrogen (secondary N) is 2. The number of alkyl halides is 2. The highest BCUT2D eigenvalue weighted by molar-refractivity contribution is 6.18. The van der Waals surface area contributed by atoms with Crippen LogP contribution in [0.4, 0.5) is 10.5 Å². The molecule has 1 amide bonds. The van der Waals surface area contributed by atoms with E-state index in [1.165, 1.54) is 31.2 Å². The molecule has 0 spiro atoms. The first kappa shape index (κ1) is 25.9. The maximum atomic E-state index is 11.7. The highest BCUT2D eigenvalue weighted by Gasteiger charge is 2.05. The number of carbonyl (C=O) groups excluding carboxylic acids is 1. The summed E-state index contributed by atoms with van der Waals surface area (Å²) < 4.78 is 5.17. The number of hydrogen-bond donors (Lipinski definition) is 2. The SMILES string of the molecule is CCCCCCNCCOC(=O)NCCCc1ccc(N(CCCl)CCCl)cc1. The maximum Gasteiger partial charge on any atom is 0.407 e. The van der Waals surface area contributed by atoms with Gasteiger partial charge in [-0.1, -0.05) is 38.3 Å². The molecule has 7 heteroatoms. The van der Waals surface area contributed by atoms with Gasteiger partial charge < -0.3 is 20.3 Å². The third-order valence-electron chi connectivity index (χ3n) is 4.64. The zero-order valence-electron chi connectivity index (χ0n) is 17.7. The molecule has 1 aromatic rings. The molecule has 0 bridgehead atoms. The van der Waals surface area contributed by atoms with E-state index in [-0.39, 0.29) is 6.09 Å². The third-order valence-corrected chi connectivity index (χ3v) is 4.98. The van der Waals surface area contributed by atoms with Crippen LogP contribution in [0.5, 0.6) is 0 Å². The minimum Gasteiger partial charge on any atom is -0.448 e. The number of benzene rings is 1. The van der Waals surface area contributed by atoms with Crippen molar-refractivity contribution in [2.24, 2.45) is 0 Å². The van der Waals surface area contributed by atoms with E-state index in [0.29, 0.717) is 31.5 Å². The van der Waals surface area contributed by atoms with Gasteiger partial charge in [0.25, 0.3) is 0 Å². The molecule has 0 aromatic heterocycles. The molecule has 5 nitrogen and oxygen atoms in total. The van der Waals surface area contributed by atoms with Crippen molar-refractivity contribution in [3.05, 3.63) is 29.8 Å². The van der Waals surface area contributed by atoms with Crippen molar-refractivity contribution in [3.63, 3.8) is 0 Å². The Labute approximate surface area is 186 Å². The lowest BCUT2D eigenvalue weighted by atomic mass is 10.1. The van der Waals surface area contributed by atoms with Gasteiger partial charge in [-0.25, -0.2) is 4.79 Å². The van der Waals surface area contributed by atoms with Crippen LogP contribution in [0.3, 0.4) is 0 Å². The molecule has 1 aromatic carbocycles. The first-order valence-corrected chi connectivity index (χ1v) is 11.8. The van der Waals surface area contributed by atoms with Crippen LogP contribution in [-0.2, 0) is 11.2 Å². The summed E-state index contributed by atoms with van der Waals surface area (Å²) in [6, 6.07) is 8.45. The van der Waals surface area contributed by atoms with E-state index in [2.05, 4.69) is 46.7 Å². The Hall–Kier alpha value is -1.17. The number of halogens is 2. The molecule has 0 aliphatic rings. The Morgan fingerprint density at radius 1 is 0.966 bits per heavy atom. The number of amides is 1. The van der Waals surface area contributed by atoms with Gasteiger partial charge >= 0.3 is 6.09 Å². The monoisotopic (exact) mass is 445 g/mol. The van der Waals surface area contributed by atoms with Crippen molar-refractivity contribution in [1.82, 2.24) is 10.6 Å². The van der Waals surface area contributed by atoms with Crippen molar-refractivity contribution < 1.29 is 9.53 Å². The number of unbranched alkanes of at least 4 members (excludes halogenated alkanes) is 3. The lowest BCUT2D eigenvalue weighted by Gasteiger charge is -2.23. The largest absolute Gasteiger partial charge is 0.448 e. The van der Waals surface area contributed by atoms with Gasteiger partial charge in [0.05, 0.1) is 0 Å². The van der Waals surface area contributed by atoms with E-state index >= 15 is 0 Å². The number of ether oxygens (including phenoxy) is 1. The van der Waals surface area contributed by atoms with Crippen LogP contribution in [0.25, 0.3) is 0 Å². The fourth-order valence-electron chi connectivity index (χ4n) is 3.00. The molecule has 0 aliphatic heterocycles. The fraction of sp³-hybridized carbons (Fsp3) is 0.682. The predicted molar refractivity (Wildman–Crippen MR) is 125 cm³/mol. The first-order chi connectivity index (χ1) is 14.2. The topological polar surface area (TPSA) is 53.6 Å². The molecule has 0 aliphatic carbocycles. The van der Waals surface area contributed by atoms with Crippen molar-refractivity contribution in [2.45, 2.75) is 45.4 Å². The van der Waals surface area contributed by atoms with Gasteiger partial charge in [0.2, 0.25) is 0 Å². The molecular weight excluding hydrogens is 409 g/mol. The standard InChI is InChI=1S/C22H37Cl2N3O2/c1-2-3-4-5-14-25-16-19-29-22(28)26-15-6-7-20-8-10-21(11-9-20)27(17-12-23)18-13-24/h8-11,25H,2-7,12-19H2,1H3,(H,26,28). The number of nitrogens with zero attached hydrogens (tertiary/aromatic N) is 1. The summed E-state index contributed by atoms with van der Waals surface area (Å²) in [4.78, 5) is 13.9. The van der Waals surface area contributed by atoms with E-state index in [1.807, 2.05) is 0 Å². The predicted octanol–water partition coefficient (Wildman–Crippen LogP) is 4.80. The second kappa shape index (κ2) is 17.7. The zero-order chi connectivity index (χ0) is 21.2. The number of hydrogen-bond acceptors (Lipinski definition) is 4. The summed E-state index contributed by atoms with van der Waals surface area (Å²) in [6.45, 7) is 6.48. The number of aryl methyl sites for hydroxylation is 1. The number of alkyl carbamates (subject to hydrolysis) is 1. The number of anilines is 1. The normalized spacial score (nSPS) is 10.7. The number of carbonyl (C=O) groups is 1. The second-order valence-electron chi connectivity index (χ2n) is 7.01. The third kappa shape index (κ3) is 12.9. The van der Waals surface area contributed by atoms with Gasteiger partial charge in [0.1, 0.15) is 6.61 Å². The average molecular weight is 446 g/mol. The smallest absolute Gasteiger partial charge is 0.407 e. The summed E-state index contributed by atoms with van der Waals surface area (Å²) in [5.41, 5.74) is 2.38. The van der Waals surface area contributed by atoms with Gasteiger partial charge in [0, 0.05) is 43.6 Å². The van der Waals surface area contributed by atoms with Crippen LogP contribution in [-0.4, -0.2) is 57.2 Å². The summed E-state index contributed by atoms with van der Waals surface area (Å²) in [5.74, 6) is 1.16. The maximum absolute atomic E-state index is 11.7. The first-order valence-electron chi connectivity index (χ1n) is 10.8. The molecule has 0 heterocycles. The summed E-state index contributed by atoms with van der Waals surface area (Å²) in [6.07, 6.45) is 6.40. The van der Waals surface area contributed by atoms with Crippen LogP contribution in [0.2, 0.25) is 0 Å². The Morgan fingerprint density at radius 2 is 1.69 bits per heavy atom. The molecule has 2 N–H and O–H groups in total. The Balaban J connectivity index is 2.11. The Kier molecular flexibility index (Phi) is 15.8. The molecule has 29 heavy (non-hydrogen) atoms. The van der Waals surface area contributed by atoms with E-state index in [0.717, 1.165) is 38.2 Å². The summed E-state index contributed by atoms with van der Waals surface area (Å²) >= 11 is 11.7. The molecular formula is C22H37Cl2N3O2. The second-order valence-corrected chi connectivity index (χ2v) is 7.76. The molecule has 0 saturated heterocycles. The van der Waals surface area contributed by atoms with E-state index < -0.39 is 0 Å².